The predicted octanol–water partition coefficient (Wildman–Crippen LogP) is 1.35. The molecular formula is C16H14O4Si. The minimum Gasteiger partial charge on any atom is -0.478 e. The minimum absolute atomic E-state index is 0.108. The lowest BCUT2D eigenvalue weighted by Crippen LogP contribution is -2.35. The average molecular weight is 298 g/mol. The molecule has 0 heterocycles. The van der Waals surface area contributed by atoms with Gasteiger partial charge in [-0.1, -0.05) is 35.5 Å². The fourth-order valence-electron chi connectivity index (χ4n) is 2.31. The summed E-state index contributed by atoms with van der Waals surface area (Å²) in [6.07, 6.45) is 0. The van der Waals surface area contributed by atoms with Gasteiger partial charge in [0.2, 0.25) is 0 Å². The summed E-state index contributed by atoms with van der Waals surface area (Å²) in [5.41, 5.74) is 1.37. The molecule has 2 radical (unpaired) electrons. The Morgan fingerprint density at radius 3 is 2.14 bits per heavy atom. The molecule has 0 bridgehead atoms. The molecule has 21 heavy (non-hydrogen) atoms. The first-order valence-electron chi connectivity index (χ1n) is 6.34. The summed E-state index contributed by atoms with van der Waals surface area (Å²) in [7, 11) is 0.108. The fourth-order valence-corrected chi connectivity index (χ4v) is 3.58. The number of carbonyl (C=O) groups is 2. The quantitative estimate of drug-likeness (QED) is 0.836. The van der Waals surface area contributed by atoms with Gasteiger partial charge in [0.05, 0.1) is 11.1 Å². The second-order valence-corrected chi connectivity index (χ2v) is 6.04. The molecule has 2 aromatic carbocycles. The van der Waals surface area contributed by atoms with E-state index in [0.29, 0.717) is 16.3 Å². The molecule has 0 fully saturated rings. The number of aryl methyl sites for hydroxylation is 1. The van der Waals surface area contributed by atoms with E-state index in [-0.39, 0.29) is 20.6 Å². The van der Waals surface area contributed by atoms with Crippen molar-refractivity contribution < 1.29 is 19.8 Å². The van der Waals surface area contributed by atoms with Crippen LogP contribution in [0.15, 0.2) is 36.4 Å². The van der Waals surface area contributed by atoms with Crippen LogP contribution in [0, 0.1) is 13.8 Å². The van der Waals surface area contributed by atoms with Gasteiger partial charge in [-0.3, -0.25) is 0 Å². The van der Waals surface area contributed by atoms with Gasteiger partial charge in [0.25, 0.3) is 0 Å². The molecule has 0 spiro atoms. The molecule has 0 atom stereocenters. The van der Waals surface area contributed by atoms with Crippen molar-refractivity contribution in [2.24, 2.45) is 0 Å². The third-order valence-electron chi connectivity index (χ3n) is 3.26. The normalized spacial score (nSPS) is 10.4. The minimum atomic E-state index is -1.03. The van der Waals surface area contributed by atoms with Crippen LogP contribution in [-0.2, 0) is 0 Å². The molecule has 0 aliphatic rings. The Bertz CT molecular complexity index is 708. The molecule has 0 aliphatic carbocycles. The summed E-state index contributed by atoms with van der Waals surface area (Å²) in [5.74, 6) is -2.06. The fraction of sp³-hybridized carbons (Fsp3) is 0.125. The van der Waals surface area contributed by atoms with Gasteiger partial charge in [-0.15, -0.1) is 0 Å². The van der Waals surface area contributed by atoms with Gasteiger partial charge in [0.15, 0.2) is 0 Å². The lowest BCUT2D eigenvalue weighted by Gasteiger charge is -2.14. The second-order valence-electron chi connectivity index (χ2n) is 4.72. The van der Waals surface area contributed by atoms with Crippen molar-refractivity contribution in [3.63, 3.8) is 0 Å². The zero-order valence-electron chi connectivity index (χ0n) is 11.7. The summed E-state index contributed by atoms with van der Waals surface area (Å²) in [6, 6.07) is 10.9. The van der Waals surface area contributed by atoms with E-state index in [1.54, 1.807) is 13.8 Å². The zero-order chi connectivity index (χ0) is 15.6. The topological polar surface area (TPSA) is 74.6 Å². The van der Waals surface area contributed by atoms with Gasteiger partial charge in [-0.05, 0) is 36.2 Å². The largest absolute Gasteiger partial charge is 0.478 e. The van der Waals surface area contributed by atoms with Crippen molar-refractivity contribution in [2.45, 2.75) is 13.8 Å². The van der Waals surface area contributed by atoms with Crippen LogP contribution < -0.4 is 10.4 Å². The molecule has 5 heteroatoms. The van der Waals surface area contributed by atoms with Crippen LogP contribution in [0.3, 0.4) is 0 Å². The van der Waals surface area contributed by atoms with E-state index in [0.717, 1.165) is 5.19 Å². The second kappa shape index (κ2) is 5.93. The first kappa shape index (κ1) is 15.0. The third-order valence-corrected chi connectivity index (χ3v) is 4.78. The first-order valence-corrected chi connectivity index (χ1v) is 7.34. The number of benzene rings is 2. The lowest BCUT2D eigenvalue weighted by molar-refractivity contribution is 0.0681. The van der Waals surface area contributed by atoms with Crippen molar-refractivity contribution in [3.05, 3.63) is 58.7 Å². The van der Waals surface area contributed by atoms with Crippen LogP contribution >= 0.6 is 0 Å². The maximum Gasteiger partial charge on any atom is 0.336 e. The number of rotatable bonds is 4. The van der Waals surface area contributed by atoms with E-state index in [1.165, 1.54) is 6.07 Å². The monoisotopic (exact) mass is 298 g/mol. The third kappa shape index (κ3) is 3.03. The highest BCUT2D eigenvalue weighted by Gasteiger charge is 2.21. The van der Waals surface area contributed by atoms with E-state index >= 15 is 0 Å². The van der Waals surface area contributed by atoms with Crippen molar-refractivity contribution in [2.75, 3.05) is 0 Å². The summed E-state index contributed by atoms with van der Waals surface area (Å²) >= 11 is 0. The van der Waals surface area contributed by atoms with Crippen molar-refractivity contribution >= 4 is 31.8 Å². The maximum absolute atomic E-state index is 11.5. The van der Waals surface area contributed by atoms with Crippen LogP contribution in [0.2, 0.25) is 0 Å². The molecule has 2 N–H and O–H groups in total. The predicted molar refractivity (Wildman–Crippen MR) is 81.3 cm³/mol. The van der Waals surface area contributed by atoms with E-state index in [1.807, 2.05) is 30.3 Å². The van der Waals surface area contributed by atoms with E-state index < -0.39 is 11.9 Å². The molecular weight excluding hydrogens is 284 g/mol. The zero-order valence-corrected chi connectivity index (χ0v) is 12.7. The van der Waals surface area contributed by atoms with E-state index in [4.69, 9.17) is 0 Å². The molecule has 0 saturated carbocycles. The maximum atomic E-state index is 11.5. The molecule has 0 unspecified atom stereocenters. The van der Waals surface area contributed by atoms with Gasteiger partial charge in [0, 0.05) is 0 Å². The molecule has 0 aliphatic heterocycles. The Morgan fingerprint density at radius 1 is 1.00 bits per heavy atom. The van der Waals surface area contributed by atoms with E-state index in [2.05, 4.69) is 0 Å². The van der Waals surface area contributed by atoms with Crippen LogP contribution in [-0.4, -0.2) is 31.7 Å². The Balaban J connectivity index is 2.64. The van der Waals surface area contributed by atoms with Gasteiger partial charge >= 0.3 is 11.9 Å². The highest BCUT2D eigenvalue weighted by molar-refractivity contribution is 6.69. The molecule has 2 rings (SSSR count). The number of hydrogen-bond acceptors (Lipinski definition) is 2. The van der Waals surface area contributed by atoms with Crippen molar-refractivity contribution in [1.82, 2.24) is 0 Å². The summed E-state index contributed by atoms with van der Waals surface area (Å²) < 4.78 is 0. The SMILES string of the molecule is Cc1cc(C(=O)O)c([Si]c2ccccc2)c(C)c1C(=O)O. The first-order chi connectivity index (χ1) is 9.91. The summed E-state index contributed by atoms with van der Waals surface area (Å²) in [5, 5.41) is 20.3. The van der Waals surface area contributed by atoms with Crippen LogP contribution in [0.25, 0.3) is 0 Å². The highest BCUT2D eigenvalue weighted by Crippen LogP contribution is 2.15. The molecule has 2 aromatic rings. The number of aromatic carboxylic acids is 2. The van der Waals surface area contributed by atoms with Crippen LogP contribution in [0.1, 0.15) is 31.8 Å². The van der Waals surface area contributed by atoms with Gasteiger partial charge in [-0.25, -0.2) is 9.59 Å². The van der Waals surface area contributed by atoms with Gasteiger partial charge < -0.3 is 10.2 Å². The van der Waals surface area contributed by atoms with Crippen LogP contribution in [0.5, 0.6) is 0 Å². The number of carboxylic acid groups (broad SMARTS) is 2. The molecule has 4 nitrogen and oxygen atoms in total. The summed E-state index contributed by atoms with van der Waals surface area (Å²) in [6.45, 7) is 3.30. The molecule has 0 aromatic heterocycles. The van der Waals surface area contributed by atoms with Gasteiger partial charge in [-0.2, -0.15) is 0 Å². The molecule has 0 amide bonds. The molecule has 0 saturated heterocycles. The van der Waals surface area contributed by atoms with Crippen molar-refractivity contribution in [3.8, 4) is 0 Å². The Morgan fingerprint density at radius 2 is 1.62 bits per heavy atom. The van der Waals surface area contributed by atoms with Crippen LogP contribution in [0.4, 0.5) is 0 Å². The number of carboxylic acids is 2. The number of hydrogen-bond donors (Lipinski definition) is 2. The molecule has 106 valence electrons. The Hall–Kier alpha value is -2.40. The van der Waals surface area contributed by atoms with Crippen molar-refractivity contribution in [1.29, 1.82) is 0 Å². The highest BCUT2D eigenvalue weighted by atomic mass is 28.2. The van der Waals surface area contributed by atoms with Gasteiger partial charge in [0.1, 0.15) is 9.52 Å². The Kier molecular flexibility index (Phi) is 4.23. The average Bonchev–Trinajstić information content (AvgIpc) is 2.42. The standard InChI is InChI=1S/C16H14O4Si/c1-9-8-12(15(17)18)14(10(2)13(9)16(19)20)21-11-6-4-3-5-7-11/h3-8H,1-2H3,(H,17,18)(H,19,20). The lowest BCUT2D eigenvalue weighted by atomic mass is 9.99. The smallest absolute Gasteiger partial charge is 0.336 e. The van der Waals surface area contributed by atoms with E-state index in [9.17, 15) is 19.8 Å². The summed E-state index contributed by atoms with van der Waals surface area (Å²) in [4.78, 5) is 22.8. The Labute approximate surface area is 124 Å².